The van der Waals surface area contributed by atoms with Crippen molar-refractivity contribution >= 4 is 44.3 Å². The molecule has 0 aliphatic carbocycles. The number of hydrogen-bond donors (Lipinski definition) is 1. The molecule has 2 aromatic rings. The first-order valence-corrected chi connectivity index (χ1v) is 8.28. The smallest absolute Gasteiger partial charge is 0.273 e. The topological polar surface area (TPSA) is 102 Å². The third-order valence-corrected chi connectivity index (χ3v) is 5.65. The maximum atomic E-state index is 12.2. The summed E-state index contributed by atoms with van der Waals surface area (Å²) >= 11 is 6.45. The molecule has 0 amide bonds. The van der Waals surface area contributed by atoms with E-state index in [0.29, 0.717) is 11.1 Å². The molecule has 1 aromatic heterocycles. The van der Waals surface area contributed by atoms with Crippen molar-refractivity contribution in [1.82, 2.24) is 4.98 Å². The third kappa shape index (κ3) is 3.31. The Morgan fingerprint density at radius 3 is 2.52 bits per heavy atom. The molecule has 1 N–H and O–H groups in total. The maximum Gasteiger partial charge on any atom is 0.273 e. The number of sulfonamides is 1. The molecule has 7 nitrogen and oxygen atoms in total. The van der Waals surface area contributed by atoms with Gasteiger partial charge in [0.2, 0.25) is 0 Å². The van der Waals surface area contributed by atoms with Crippen LogP contribution in [0.3, 0.4) is 0 Å². The van der Waals surface area contributed by atoms with E-state index < -0.39 is 14.9 Å². The summed E-state index contributed by atoms with van der Waals surface area (Å²) in [5, 5.41) is 10.8. The lowest BCUT2D eigenvalue weighted by Gasteiger charge is -2.10. The fourth-order valence-electron chi connectivity index (χ4n) is 1.67. The number of aryl methyl sites for hydroxylation is 2. The van der Waals surface area contributed by atoms with E-state index in [1.807, 2.05) is 0 Å². The monoisotopic (exact) mass is 347 g/mol. The number of benzene rings is 1. The predicted molar refractivity (Wildman–Crippen MR) is 80.5 cm³/mol. The number of thiazole rings is 1. The predicted octanol–water partition coefficient (Wildman–Crippen LogP) is 3.12. The molecule has 10 heteroatoms. The molecule has 112 valence electrons. The van der Waals surface area contributed by atoms with Crippen LogP contribution < -0.4 is 4.72 Å². The highest BCUT2D eigenvalue weighted by Crippen LogP contribution is 2.29. The lowest BCUT2D eigenvalue weighted by atomic mass is 10.1. The Morgan fingerprint density at radius 2 is 2.00 bits per heavy atom. The first-order valence-electron chi connectivity index (χ1n) is 5.60. The van der Waals surface area contributed by atoms with Crippen LogP contribution in [-0.2, 0) is 10.0 Å². The molecule has 0 spiro atoms. The molecule has 0 atom stereocenters. The van der Waals surface area contributed by atoms with Gasteiger partial charge in [-0.25, -0.2) is 13.4 Å². The summed E-state index contributed by atoms with van der Waals surface area (Å²) in [5.74, 6) is 0. The van der Waals surface area contributed by atoms with Gasteiger partial charge in [-0.15, -0.1) is 0 Å². The maximum absolute atomic E-state index is 12.2. The average Bonchev–Trinajstić information content (AvgIpc) is 2.80. The van der Waals surface area contributed by atoms with Crippen LogP contribution in [0.4, 0.5) is 11.4 Å². The molecule has 21 heavy (non-hydrogen) atoms. The van der Waals surface area contributed by atoms with Crippen molar-refractivity contribution in [2.75, 3.05) is 4.72 Å². The number of nitro benzene ring substituents is 1. The summed E-state index contributed by atoms with van der Waals surface area (Å²) in [7, 11) is -3.81. The molecular weight excluding hydrogens is 338 g/mol. The summed E-state index contributed by atoms with van der Waals surface area (Å²) in [6.45, 7) is 3.13. The zero-order valence-corrected chi connectivity index (χ0v) is 13.3. The van der Waals surface area contributed by atoms with Crippen LogP contribution in [0, 0.1) is 24.0 Å². The van der Waals surface area contributed by atoms with E-state index in [4.69, 9.17) is 11.6 Å². The molecule has 0 unspecified atom stereocenters. The fraction of sp³-hybridized carbons (Fsp3) is 0.182. The van der Waals surface area contributed by atoms with E-state index in [1.54, 1.807) is 13.8 Å². The number of anilines is 1. The average molecular weight is 348 g/mol. The summed E-state index contributed by atoms with van der Waals surface area (Å²) < 4.78 is 26.8. The van der Waals surface area contributed by atoms with Gasteiger partial charge in [-0.3, -0.25) is 14.8 Å². The highest BCUT2D eigenvalue weighted by molar-refractivity contribution is 7.94. The van der Waals surface area contributed by atoms with E-state index in [9.17, 15) is 18.5 Å². The SMILES string of the molecule is Cc1cc([N+](=O)[O-])c(C)cc1NS(=O)(=O)c1cnc(Cl)s1. The van der Waals surface area contributed by atoms with Crippen molar-refractivity contribution in [1.29, 1.82) is 0 Å². The first kappa shape index (κ1) is 15.7. The quantitative estimate of drug-likeness (QED) is 0.676. The molecule has 2 rings (SSSR count). The van der Waals surface area contributed by atoms with Gasteiger partial charge in [0.15, 0.2) is 8.68 Å². The van der Waals surface area contributed by atoms with E-state index in [0.717, 1.165) is 17.5 Å². The molecule has 0 aliphatic heterocycles. The highest BCUT2D eigenvalue weighted by Gasteiger charge is 2.20. The summed E-state index contributed by atoms with van der Waals surface area (Å²) in [5.41, 5.74) is 1.04. The third-order valence-electron chi connectivity index (χ3n) is 2.71. The summed E-state index contributed by atoms with van der Waals surface area (Å²) in [6, 6.07) is 2.75. The minimum absolute atomic E-state index is 0.0251. The van der Waals surface area contributed by atoms with Gasteiger partial charge in [0.25, 0.3) is 15.7 Å². The van der Waals surface area contributed by atoms with Crippen LogP contribution in [-0.4, -0.2) is 18.3 Å². The molecule has 1 heterocycles. The number of rotatable bonds is 4. The van der Waals surface area contributed by atoms with Crippen molar-refractivity contribution in [2.45, 2.75) is 18.1 Å². The van der Waals surface area contributed by atoms with E-state index in [2.05, 4.69) is 9.71 Å². The number of aromatic nitrogens is 1. The Bertz CT molecular complexity index is 817. The second-order valence-electron chi connectivity index (χ2n) is 4.25. The number of nitrogens with zero attached hydrogens (tertiary/aromatic N) is 2. The first-order chi connectivity index (χ1) is 9.70. The Hall–Kier alpha value is -1.71. The number of halogens is 1. The molecule has 0 bridgehead atoms. The number of hydrogen-bond acceptors (Lipinski definition) is 6. The summed E-state index contributed by atoms with van der Waals surface area (Å²) in [4.78, 5) is 14.0. The van der Waals surface area contributed by atoms with Crippen LogP contribution in [0.15, 0.2) is 22.5 Å². The zero-order chi connectivity index (χ0) is 15.8. The van der Waals surface area contributed by atoms with Gasteiger partial charge >= 0.3 is 0 Å². The van der Waals surface area contributed by atoms with Crippen molar-refractivity contribution in [2.24, 2.45) is 0 Å². The largest absolute Gasteiger partial charge is 0.279 e. The Kier molecular flexibility index (Phi) is 4.17. The van der Waals surface area contributed by atoms with E-state index in [1.165, 1.54) is 12.1 Å². The Morgan fingerprint density at radius 1 is 1.33 bits per heavy atom. The van der Waals surface area contributed by atoms with Crippen molar-refractivity contribution in [3.8, 4) is 0 Å². The van der Waals surface area contributed by atoms with Gasteiger partial charge < -0.3 is 0 Å². The van der Waals surface area contributed by atoms with Gasteiger partial charge in [0.05, 0.1) is 16.8 Å². The zero-order valence-electron chi connectivity index (χ0n) is 11.0. The van der Waals surface area contributed by atoms with Gasteiger partial charge in [0, 0.05) is 11.6 Å². The Labute approximate surface area is 129 Å². The molecule has 1 aromatic carbocycles. The fourth-order valence-corrected chi connectivity index (χ4v) is 4.08. The molecule has 0 saturated carbocycles. The van der Waals surface area contributed by atoms with Gasteiger partial charge in [-0.1, -0.05) is 22.9 Å². The molecule has 0 aliphatic rings. The minimum Gasteiger partial charge on any atom is -0.279 e. The Balaban J connectivity index is 2.40. The molecular formula is C11H10ClN3O4S2. The van der Waals surface area contributed by atoms with Crippen molar-refractivity contribution in [3.05, 3.63) is 44.0 Å². The van der Waals surface area contributed by atoms with Crippen LogP contribution in [0.25, 0.3) is 0 Å². The van der Waals surface area contributed by atoms with Gasteiger partial charge in [-0.05, 0) is 25.5 Å². The lowest BCUT2D eigenvalue weighted by Crippen LogP contribution is -2.12. The van der Waals surface area contributed by atoms with E-state index >= 15 is 0 Å². The van der Waals surface area contributed by atoms with Crippen LogP contribution in [0.1, 0.15) is 11.1 Å². The normalized spacial score (nSPS) is 11.4. The standard InChI is InChI=1S/C11H10ClN3O4S2/c1-6-4-9(15(16)17)7(2)3-8(6)14-21(18,19)10-5-13-11(12)20-10/h3-5,14H,1-2H3. The van der Waals surface area contributed by atoms with Crippen molar-refractivity contribution in [3.63, 3.8) is 0 Å². The molecule has 0 fully saturated rings. The van der Waals surface area contributed by atoms with Crippen LogP contribution in [0.2, 0.25) is 4.47 Å². The number of nitro groups is 1. The second kappa shape index (κ2) is 5.58. The lowest BCUT2D eigenvalue weighted by molar-refractivity contribution is -0.385. The summed E-state index contributed by atoms with van der Waals surface area (Å²) in [6.07, 6.45) is 1.16. The van der Waals surface area contributed by atoms with Gasteiger partial charge in [0.1, 0.15) is 0 Å². The number of nitrogens with one attached hydrogen (secondary N) is 1. The van der Waals surface area contributed by atoms with E-state index in [-0.39, 0.29) is 20.1 Å². The second-order valence-corrected chi connectivity index (χ2v) is 7.77. The minimum atomic E-state index is -3.81. The highest BCUT2D eigenvalue weighted by atomic mass is 35.5. The van der Waals surface area contributed by atoms with Crippen LogP contribution >= 0.6 is 22.9 Å². The van der Waals surface area contributed by atoms with Gasteiger partial charge in [-0.2, -0.15) is 0 Å². The molecule has 0 saturated heterocycles. The molecule has 0 radical (unpaired) electrons. The van der Waals surface area contributed by atoms with Crippen LogP contribution in [0.5, 0.6) is 0 Å². The van der Waals surface area contributed by atoms with Crippen molar-refractivity contribution < 1.29 is 13.3 Å².